The second kappa shape index (κ2) is 8.19. The number of nitrogen functional groups attached to an aromatic ring is 1. The maximum atomic E-state index is 13.5. The molecule has 5 rings (SSSR count). The van der Waals surface area contributed by atoms with Crippen LogP contribution in [0, 0.1) is 5.82 Å². The Morgan fingerprint density at radius 1 is 1.09 bits per heavy atom. The molecule has 0 aliphatic carbocycles. The molecule has 33 heavy (non-hydrogen) atoms. The van der Waals surface area contributed by atoms with Crippen molar-refractivity contribution in [1.82, 2.24) is 19.6 Å². The number of carbonyl (C=O) groups excluding carboxylic acids is 1. The summed E-state index contributed by atoms with van der Waals surface area (Å²) in [6.45, 7) is 0.191. The van der Waals surface area contributed by atoms with Crippen molar-refractivity contribution in [1.29, 1.82) is 0 Å². The first-order chi connectivity index (χ1) is 16.1. The summed E-state index contributed by atoms with van der Waals surface area (Å²) in [5.41, 5.74) is 8.55. The van der Waals surface area contributed by atoms with Gasteiger partial charge in [-0.2, -0.15) is 9.50 Å². The van der Waals surface area contributed by atoms with Crippen molar-refractivity contribution in [3.63, 3.8) is 0 Å². The van der Waals surface area contributed by atoms with Crippen LogP contribution in [0.2, 0.25) is 0 Å². The minimum absolute atomic E-state index is 0.0245. The second-order valence-corrected chi connectivity index (χ2v) is 7.27. The predicted octanol–water partition coefficient (Wildman–Crippen LogP) is 4.03. The molecule has 0 saturated carbocycles. The highest BCUT2D eigenvalue weighted by Gasteiger charge is 2.26. The number of fused-ring (bicyclic) bond motifs is 3. The van der Waals surface area contributed by atoms with Crippen LogP contribution in [0.1, 0.15) is 16.1 Å². The predicted molar refractivity (Wildman–Crippen MR) is 120 cm³/mol. The Balaban J connectivity index is 1.82. The third kappa shape index (κ3) is 3.59. The largest absolute Gasteiger partial charge is 0.486 e. The molecule has 164 valence electrons. The van der Waals surface area contributed by atoms with Gasteiger partial charge in [-0.15, -0.1) is 5.10 Å². The van der Waals surface area contributed by atoms with Crippen molar-refractivity contribution in [2.24, 2.45) is 0 Å². The molecule has 9 heteroatoms. The number of anilines is 1. The molecule has 0 atom stereocenters. The Kier molecular flexibility index (Phi) is 5.06. The van der Waals surface area contributed by atoms with Crippen molar-refractivity contribution >= 4 is 28.3 Å². The van der Waals surface area contributed by atoms with Crippen LogP contribution in [-0.4, -0.2) is 32.7 Å². The second-order valence-electron chi connectivity index (χ2n) is 7.27. The summed E-state index contributed by atoms with van der Waals surface area (Å²) in [4.78, 5) is 21.5. The number of esters is 1. The molecule has 5 aromatic rings. The first kappa shape index (κ1) is 20.4. The van der Waals surface area contributed by atoms with Gasteiger partial charge in [-0.25, -0.2) is 9.18 Å². The number of hydrogen-bond acceptors (Lipinski definition) is 7. The van der Waals surface area contributed by atoms with E-state index >= 15 is 0 Å². The van der Waals surface area contributed by atoms with Gasteiger partial charge in [-0.05, 0) is 23.3 Å². The lowest BCUT2D eigenvalue weighted by Crippen LogP contribution is -2.14. The lowest BCUT2D eigenvalue weighted by molar-refractivity contribution is 0.0585. The number of ether oxygens (including phenoxy) is 2. The summed E-state index contributed by atoms with van der Waals surface area (Å²) in [5, 5.41) is 5.35. The molecular weight excluding hydrogens is 425 g/mol. The van der Waals surface area contributed by atoms with Crippen molar-refractivity contribution in [3.05, 3.63) is 84.1 Å². The number of aromatic nitrogens is 4. The average molecular weight is 443 g/mol. The Morgan fingerprint density at radius 3 is 2.58 bits per heavy atom. The number of rotatable bonds is 5. The van der Waals surface area contributed by atoms with E-state index in [1.54, 1.807) is 24.5 Å². The van der Waals surface area contributed by atoms with E-state index in [-0.39, 0.29) is 29.8 Å². The Bertz CT molecular complexity index is 1480. The van der Waals surface area contributed by atoms with Gasteiger partial charge in [0.2, 0.25) is 5.95 Å². The van der Waals surface area contributed by atoms with Crippen LogP contribution in [0.15, 0.2) is 67.0 Å². The third-order valence-electron chi connectivity index (χ3n) is 5.22. The van der Waals surface area contributed by atoms with Gasteiger partial charge in [0.05, 0.1) is 7.11 Å². The zero-order valence-electron chi connectivity index (χ0n) is 17.5. The molecule has 3 heterocycles. The summed E-state index contributed by atoms with van der Waals surface area (Å²) < 4.78 is 26.0. The molecule has 0 fully saturated rings. The average Bonchev–Trinajstić information content (AvgIpc) is 3.23. The number of hydrogen-bond donors (Lipinski definition) is 1. The minimum Gasteiger partial charge on any atom is -0.486 e. The number of carbonyl (C=O) groups is 1. The van der Waals surface area contributed by atoms with Crippen LogP contribution >= 0.6 is 0 Å². The fraction of sp³-hybridized carbons (Fsp3) is 0.0833. The summed E-state index contributed by atoms with van der Waals surface area (Å²) in [6.07, 6.45) is 3.22. The molecule has 0 aliphatic heterocycles. The molecule has 0 radical (unpaired) electrons. The topological polar surface area (TPSA) is 105 Å². The van der Waals surface area contributed by atoms with Crippen molar-refractivity contribution in [2.75, 3.05) is 12.8 Å². The first-order valence-electron chi connectivity index (χ1n) is 10.0. The highest BCUT2D eigenvalue weighted by molar-refractivity contribution is 6.11. The minimum atomic E-state index is -0.665. The number of pyridine rings is 2. The Morgan fingerprint density at radius 2 is 1.85 bits per heavy atom. The van der Waals surface area contributed by atoms with Crippen LogP contribution in [0.3, 0.4) is 0 Å². The summed E-state index contributed by atoms with van der Waals surface area (Å²) >= 11 is 0. The monoisotopic (exact) mass is 443 g/mol. The van der Waals surface area contributed by atoms with E-state index in [1.165, 1.54) is 23.8 Å². The molecule has 0 bridgehead atoms. The molecule has 0 unspecified atom stereocenters. The van der Waals surface area contributed by atoms with E-state index < -0.39 is 5.97 Å². The van der Waals surface area contributed by atoms with Crippen LogP contribution in [0.5, 0.6) is 5.75 Å². The standard InChI is InChI=1S/C24H18FN5O3/c1-32-23(31)20-21(33-13-14-5-3-2-4-6-14)18-12-27-11-17(15-7-9-16(25)10-8-15)19(18)22-28-24(26)29-30(20)22/h2-12H,13H2,1H3,(H2,26,29). The Labute approximate surface area is 187 Å². The van der Waals surface area contributed by atoms with Gasteiger partial charge >= 0.3 is 5.97 Å². The van der Waals surface area contributed by atoms with Gasteiger partial charge < -0.3 is 15.2 Å². The van der Waals surface area contributed by atoms with Gasteiger partial charge in [0, 0.05) is 28.7 Å². The van der Waals surface area contributed by atoms with Crippen LogP contribution in [0.4, 0.5) is 10.3 Å². The van der Waals surface area contributed by atoms with Crippen molar-refractivity contribution in [2.45, 2.75) is 6.61 Å². The maximum Gasteiger partial charge on any atom is 0.360 e. The zero-order chi connectivity index (χ0) is 22.9. The van der Waals surface area contributed by atoms with E-state index in [2.05, 4.69) is 15.1 Å². The molecule has 0 spiro atoms. The molecule has 3 aromatic heterocycles. The van der Waals surface area contributed by atoms with E-state index in [0.717, 1.165) is 5.56 Å². The molecule has 2 aromatic carbocycles. The van der Waals surface area contributed by atoms with E-state index in [0.29, 0.717) is 27.5 Å². The van der Waals surface area contributed by atoms with Crippen LogP contribution in [0.25, 0.3) is 27.5 Å². The number of nitrogens with zero attached hydrogens (tertiary/aromatic N) is 4. The fourth-order valence-corrected chi connectivity index (χ4v) is 3.74. The molecular formula is C24H18FN5O3. The van der Waals surface area contributed by atoms with E-state index in [9.17, 15) is 9.18 Å². The first-order valence-corrected chi connectivity index (χ1v) is 10.0. The lowest BCUT2D eigenvalue weighted by atomic mass is 10.0. The summed E-state index contributed by atoms with van der Waals surface area (Å²) in [6, 6.07) is 15.5. The molecule has 0 aliphatic rings. The third-order valence-corrected chi connectivity index (χ3v) is 5.22. The lowest BCUT2D eigenvalue weighted by Gasteiger charge is -2.16. The molecule has 0 saturated heterocycles. The van der Waals surface area contributed by atoms with Crippen LogP contribution < -0.4 is 10.5 Å². The van der Waals surface area contributed by atoms with Gasteiger partial charge in [-0.1, -0.05) is 42.5 Å². The van der Waals surface area contributed by atoms with Gasteiger partial charge in [0.15, 0.2) is 17.1 Å². The molecule has 0 amide bonds. The smallest absolute Gasteiger partial charge is 0.360 e. The summed E-state index contributed by atoms with van der Waals surface area (Å²) in [5.74, 6) is -0.816. The highest BCUT2D eigenvalue weighted by Crippen LogP contribution is 2.38. The van der Waals surface area contributed by atoms with Crippen LogP contribution in [-0.2, 0) is 11.3 Å². The van der Waals surface area contributed by atoms with E-state index in [1.807, 2.05) is 30.3 Å². The van der Waals surface area contributed by atoms with Gasteiger partial charge in [0.1, 0.15) is 12.4 Å². The number of benzene rings is 2. The maximum absolute atomic E-state index is 13.5. The molecule has 8 nitrogen and oxygen atoms in total. The van der Waals surface area contributed by atoms with Gasteiger partial charge in [-0.3, -0.25) is 4.98 Å². The Hall–Kier alpha value is -4.53. The highest BCUT2D eigenvalue weighted by atomic mass is 19.1. The summed E-state index contributed by atoms with van der Waals surface area (Å²) in [7, 11) is 1.27. The van der Waals surface area contributed by atoms with E-state index in [4.69, 9.17) is 15.2 Å². The van der Waals surface area contributed by atoms with Gasteiger partial charge in [0.25, 0.3) is 0 Å². The SMILES string of the molecule is COC(=O)c1c(OCc2ccccc2)c2cncc(-c3ccc(F)cc3)c2c2nc(N)nn12. The number of methoxy groups -OCH3 is 1. The quantitative estimate of drug-likeness (QED) is 0.409. The number of nitrogens with two attached hydrogens (primary N) is 1. The molecule has 2 N–H and O–H groups in total. The normalized spacial score (nSPS) is 11.1. The number of halogens is 1. The van der Waals surface area contributed by atoms with Crippen molar-refractivity contribution in [3.8, 4) is 16.9 Å². The van der Waals surface area contributed by atoms with Crippen molar-refractivity contribution < 1.29 is 18.7 Å². The zero-order valence-corrected chi connectivity index (χ0v) is 17.5. The fourth-order valence-electron chi connectivity index (χ4n) is 3.74.